The van der Waals surface area contributed by atoms with Crippen LogP contribution < -0.4 is 0 Å². The summed E-state index contributed by atoms with van der Waals surface area (Å²) in [6.07, 6.45) is 1.31. The monoisotopic (exact) mass is 302 g/mol. The highest BCUT2D eigenvalue weighted by Crippen LogP contribution is 2.32. The highest BCUT2D eigenvalue weighted by molar-refractivity contribution is 9.13. The van der Waals surface area contributed by atoms with E-state index in [-0.39, 0.29) is 0 Å². The maximum atomic E-state index is 5.08. The van der Waals surface area contributed by atoms with Gasteiger partial charge in [0.05, 0.1) is 5.56 Å². The summed E-state index contributed by atoms with van der Waals surface area (Å²) < 4.78 is 6.96. The van der Waals surface area contributed by atoms with Crippen molar-refractivity contribution in [2.75, 3.05) is 0 Å². The summed E-state index contributed by atoms with van der Waals surface area (Å²) in [4.78, 5) is 0. The predicted octanol–water partition coefficient (Wildman–Crippen LogP) is 3.26. The van der Waals surface area contributed by atoms with Crippen LogP contribution in [0.4, 0.5) is 0 Å². The molecule has 66 valence electrons. The van der Waals surface area contributed by atoms with Gasteiger partial charge in [-0.1, -0.05) is 6.07 Å². The van der Waals surface area contributed by atoms with E-state index in [2.05, 4.69) is 42.1 Å². The SMILES string of the molecule is Brc1cccc(-c2nnco2)c1Br. The smallest absolute Gasteiger partial charge is 0.248 e. The fourth-order valence-electron chi connectivity index (χ4n) is 0.959. The van der Waals surface area contributed by atoms with Gasteiger partial charge in [-0.2, -0.15) is 0 Å². The number of hydrogen-bond acceptors (Lipinski definition) is 3. The Morgan fingerprint density at radius 1 is 1.23 bits per heavy atom. The van der Waals surface area contributed by atoms with Crippen molar-refractivity contribution in [2.45, 2.75) is 0 Å². The Bertz CT molecular complexity index is 414. The second-order valence-electron chi connectivity index (χ2n) is 2.35. The molecule has 0 saturated carbocycles. The molecule has 2 rings (SSSR count). The zero-order chi connectivity index (χ0) is 9.26. The molecule has 0 aliphatic carbocycles. The Labute approximate surface area is 91.4 Å². The van der Waals surface area contributed by atoms with Crippen LogP contribution in [0.15, 0.2) is 38.0 Å². The van der Waals surface area contributed by atoms with Gasteiger partial charge in [0.1, 0.15) is 0 Å². The molecule has 0 fully saturated rings. The second-order valence-corrected chi connectivity index (χ2v) is 3.99. The largest absolute Gasteiger partial charge is 0.423 e. The Hall–Kier alpha value is -0.680. The van der Waals surface area contributed by atoms with Gasteiger partial charge in [-0.05, 0) is 44.0 Å². The van der Waals surface area contributed by atoms with Gasteiger partial charge in [-0.25, -0.2) is 0 Å². The van der Waals surface area contributed by atoms with E-state index in [1.54, 1.807) is 0 Å². The molecule has 13 heavy (non-hydrogen) atoms. The Morgan fingerprint density at radius 3 is 2.77 bits per heavy atom. The molecule has 0 amide bonds. The summed E-state index contributed by atoms with van der Waals surface area (Å²) >= 11 is 6.82. The number of hydrogen-bond donors (Lipinski definition) is 0. The molecule has 2 aromatic rings. The van der Waals surface area contributed by atoms with Crippen molar-refractivity contribution in [3.05, 3.63) is 33.5 Å². The molecule has 0 atom stereocenters. The summed E-state index contributed by atoms with van der Waals surface area (Å²) in [6, 6.07) is 5.75. The van der Waals surface area contributed by atoms with E-state index in [4.69, 9.17) is 4.42 Å². The fourth-order valence-corrected chi connectivity index (χ4v) is 1.76. The summed E-state index contributed by atoms with van der Waals surface area (Å²) in [7, 11) is 0. The van der Waals surface area contributed by atoms with Gasteiger partial charge in [-0.3, -0.25) is 0 Å². The predicted molar refractivity (Wildman–Crippen MR) is 55.1 cm³/mol. The topological polar surface area (TPSA) is 38.9 Å². The van der Waals surface area contributed by atoms with E-state index < -0.39 is 0 Å². The quantitative estimate of drug-likeness (QED) is 0.811. The molecule has 1 heterocycles. The number of aromatic nitrogens is 2. The average molecular weight is 304 g/mol. The van der Waals surface area contributed by atoms with Crippen molar-refractivity contribution in [1.29, 1.82) is 0 Å². The van der Waals surface area contributed by atoms with Gasteiger partial charge in [0.2, 0.25) is 12.3 Å². The lowest BCUT2D eigenvalue weighted by Crippen LogP contribution is -1.80. The first-order valence-electron chi connectivity index (χ1n) is 3.49. The number of halogens is 2. The van der Waals surface area contributed by atoms with Gasteiger partial charge in [0.25, 0.3) is 0 Å². The molecule has 0 aliphatic heterocycles. The Kier molecular flexibility index (Phi) is 2.46. The molecular weight excluding hydrogens is 300 g/mol. The lowest BCUT2D eigenvalue weighted by molar-refractivity contribution is 0.568. The van der Waals surface area contributed by atoms with Crippen LogP contribution in [0.1, 0.15) is 0 Å². The minimum Gasteiger partial charge on any atom is -0.423 e. The minimum atomic E-state index is 0.508. The van der Waals surface area contributed by atoms with Gasteiger partial charge < -0.3 is 4.42 Å². The van der Waals surface area contributed by atoms with Crippen molar-refractivity contribution >= 4 is 31.9 Å². The van der Waals surface area contributed by atoms with Crippen molar-refractivity contribution in [3.63, 3.8) is 0 Å². The van der Waals surface area contributed by atoms with E-state index in [0.29, 0.717) is 5.89 Å². The molecule has 0 radical (unpaired) electrons. The molecule has 0 saturated heterocycles. The molecule has 0 aliphatic rings. The third-order valence-electron chi connectivity index (χ3n) is 1.54. The van der Waals surface area contributed by atoms with Crippen molar-refractivity contribution < 1.29 is 4.42 Å². The maximum absolute atomic E-state index is 5.08. The van der Waals surface area contributed by atoms with Gasteiger partial charge in [0.15, 0.2) is 0 Å². The van der Waals surface area contributed by atoms with Crippen molar-refractivity contribution in [3.8, 4) is 11.5 Å². The zero-order valence-corrected chi connectivity index (χ0v) is 9.54. The number of nitrogens with zero attached hydrogens (tertiary/aromatic N) is 2. The lowest BCUT2D eigenvalue weighted by Gasteiger charge is -2.00. The highest BCUT2D eigenvalue weighted by atomic mass is 79.9. The van der Waals surface area contributed by atoms with Crippen LogP contribution >= 0.6 is 31.9 Å². The fraction of sp³-hybridized carbons (Fsp3) is 0. The Balaban J connectivity index is 2.59. The molecule has 3 nitrogen and oxygen atoms in total. The summed E-state index contributed by atoms with van der Waals surface area (Å²) in [5.74, 6) is 0.508. The second kappa shape index (κ2) is 3.59. The molecule has 0 N–H and O–H groups in total. The third-order valence-corrected chi connectivity index (χ3v) is 3.59. The van der Waals surface area contributed by atoms with E-state index in [1.807, 2.05) is 18.2 Å². The molecule has 0 bridgehead atoms. The number of rotatable bonds is 1. The van der Waals surface area contributed by atoms with Gasteiger partial charge in [-0.15, -0.1) is 10.2 Å². The minimum absolute atomic E-state index is 0.508. The van der Waals surface area contributed by atoms with E-state index >= 15 is 0 Å². The van der Waals surface area contributed by atoms with Crippen LogP contribution in [-0.4, -0.2) is 10.2 Å². The molecule has 5 heteroatoms. The van der Waals surface area contributed by atoms with Crippen LogP contribution in [-0.2, 0) is 0 Å². The first kappa shape index (κ1) is 8.90. The molecule has 1 aromatic carbocycles. The first-order chi connectivity index (χ1) is 6.29. The van der Waals surface area contributed by atoms with Crippen LogP contribution in [0.25, 0.3) is 11.5 Å². The zero-order valence-electron chi connectivity index (χ0n) is 6.37. The normalized spacial score (nSPS) is 10.3. The lowest BCUT2D eigenvalue weighted by atomic mass is 10.2. The van der Waals surface area contributed by atoms with Gasteiger partial charge >= 0.3 is 0 Å². The van der Waals surface area contributed by atoms with Crippen LogP contribution in [0.3, 0.4) is 0 Å². The highest BCUT2D eigenvalue weighted by Gasteiger charge is 2.09. The standard InChI is InChI=1S/C8H4Br2N2O/c9-6-3-1-2-5(7(6)10)8-12-11-4-13-8/h1-4H. The number of benzene rings is 1. The molecule has 0 unspecified atom stereocenters. The van der Waals surface area contributed by atoms with Crippen LogP contribution in [0.5, 0.6) is 0 Å². The van der Waals surface area contributed by atoms with Gasteiger partial charge in [0, 0.05) is 8.95 Å². The van der Waals surface area contributed by atoms with E-state index in [1.165, 1.54) is 6.39 Å². The van der Waals surface area contributed by atoms with Crippen molar-refractivity contribution in [2.24, 2.45) is 0 Å². The summed E-state index contributed by atoms with van der Waals surface area (Å²) in [5, 5.41) is 7.44. The summed E-state index contributed by atoms with van der Waals surface area (Å²) in [5.41, 5.74) is 0.881. The van der Waals surface area contributed by atoms with Crippen molar-refractivity contribution in [1.82, 2.24) is 10.2 Å². The molecular formula is C8H4Br2N2O. The summed E-state index contributed by atoms with van der Waals surface area (Å²) in [6.45, 7) is 0. The van der Waals surface area contributed by atoms with Crippen LogP contribution in [0.2, 0.25) is 0 Å². The average Bonchev–Trinajstić information content (AvgIpc) is 2.62. The molecule has 1 aromatic heterocycles. The maximum Gasteiger partial charge on any atom is 0.248 e. The van der Waals surface area contributed by atoms with E-state index in [9.17, 15) is 0 Å². The Morgan fingerprint density at radius 2 is 2.08 bits per heavy atom. The first-order valence-corrected chi connectivity index (χ1v) is 5.08. The third kappa shape index (κ3) is 1.66. The molecule has 0 spiro atoms. The van der Waals surface area contributed by atoms with Crippen LogP contribution in [0, 0.1) is 0 Å². The van der Waals surface area contributed by atoms with E-state index in [0.717, 1.165) is 14.5 Å².